The molecule has 5 heteroatoms. The van der Waals surface area contributed by atoms with Crippen LogP contribution in [0, 0.1) is 0 Å². The van der Waals surface area contributed by atoms with Crippen LogP contribution < -0.4 is 0 Å². The van der Waals surface area contributed by atoms with Crippen molar-refractivity contribution in [1.29, 1.82) is 0 Å². The summed E-state index contributed by atoms with van der Waals surface area (Å²) >= 11 is 3.68. The molecule has 0 amide bonds. The zero-order valence-corrected chi connectivity index (χ0v) is 9.03. The molecule has 1 atom stereocenters. The van der Waals surface area contributed by atoms with E-state index in [-0.39, 0.29) is 0 Å². The molecule has 0 radical (unpaired) electrons. The number of hydrogen-bond acceptors (Lipinski definition) is 5. The largest absolute Gasteiger partial charge is 0.355 e. The van der Waals surface area contributed by atoms with E-state index in [2.05, 4.69) is 4.99 Å². The summed E-state index contributed by atoms with van der Waals surface area (Å²) in [6, 6.07) is 0. The third-order valence-electron chi connectivity index (χ3n) is 1.92. The number of aliphatic imine (C=N–C) groups is 1. The van der Waals surface area contributed by atoms with Gasteiger partial charge < -0.3 is 9.47 Å². The minimum absolute atomic E-state index is 0.364. The van der Waals surface area contributed by atoms with Gasteiger partial charge in [-0.1, -0.05) is 23.5 Å². The van der Waals surface area contributed by atoms with E-state index in [0.717, 1.165) is 31.1 Å². The molecule has 0 aromatic rings. The molecule has 0 saturated carbocycles. The molecule has 0 spiro atoms. The maximum absolute atomic E-state index is 5.43. The van der Waals surface area contributed by atoms with Gasteiger partial charge in [0.2, 0.25) is 0 Å². The predicted octanol–water partition coefficient (Wildman–Crippen LogP) is 1.59. The summed E-state index contributed by atoms with van der Waals surface area (Å²) in [5.74, 6) is 2.17. The van der Waals surface area contributed by atoms with Crippen LogP contribution >= 0.6 is 23.5 Å². The van der Waals surface area contributed by atoms with Crippen molar-refractivity contribution in [3.63, 3.8) is 0 Å². The Hall–Kier alpha value is 0.290. The number of hydrogen-bond donors (Lipinski definition) is 0. The van der Waals surface area contributed by atoms with Crippen LogP contribution in [-0.4, -0.2) is 41.9 Å². The highest BCUT2D eigenvalue weighted by Crippen LogP contribution is 2.24. The highest BCUT2D eigenvalue weighted by Gasteiger charge is 2.16. The highest BCUT2D eigenvalue weighted by molar-refractivity contribution is 8.39. The average Bonchev–Trinajstić information content (AvgIpc) is 2.69. The van der Waals surface area contributed by atoms with Crippen molar-refractivity contribution in [3.8, 4) is 0 Å². The first kappa shape index (κ1) is 9.83. The van der Waals surface area contributed by atoms with Gasteiger partial charge in [0.25, 0.3) is 0 Å². The summed E-state index contributed by atoms with van der Waals surface area (Å²) in [6.45, 7) is 2.29. The van der Waals surface area contributed by atoms with Crippen molar-refractivity contribution in [2.75, 3.05) is 31.5 Å². The summed E-state index contributed by atoms with van der Waals surface area (Å²) in [4.78, 5) is 4.38. The van der Waals surface area contributed by atoms with Gasteiger partial charge in [-0.2, -0.15) is 0 Å². The van der Waals surface area contributed by atoms with Gasteiger partial charge in [0.15, 0.2) is 0 Å². The minimum atomic E-state index is 0.364. The smallest absolute Gasteiger partial charge is 0.147 e. The highest BCUT2D eigenvalue weighted by atomic mass is 32.2. The second-order valence-corrected chi connectivity index (χ2v) is 5.26. The molecule has 0 aromatic carbocycles. The molecule has 2 heterocycles. The summed E-state index contributed by atoms with van der Waals surface area (Å²) in [5, 5.41) is 0. The van der Waals surface area contributed by atoms with Gasteiger partial charge in [-0.15, -0.1) is 0 Å². The van der Waals surface area contributed by atoms with Crippen LogP contribution in [0.3, 0.4) is 0 Å². The Morgan fingerprint density at radius 2 is 2.62 bits per heavy atom. The Morgan fingerprint density at radius 3 is 3.31 bits per heavy atom. The molecule has 2 aliphatic heterocycles. The van der Waals surface area contributed by atoms with Gasteiger partial charge in [0, 0.05) is 11.5 Å². The maximum Gasteiger partial charge on any atom is 0.147 e. The Kier molecular flexibility index (Phi) is 3.96. The van der Waals surface area contributed by atoms with E-state index in [9.17, 15) is 0 Å². The third-order valence-corrected chi connectivity index (χ3v) is 4.31. The molecule has 2 aliphatic rings. The fourth-order valence-corrected chi connectivity index (χ4v) is 3.30. The van der Waals surface area contributed by atoms with Crippen LogP contribution in [0.2, 0.25) is 0 Å². The van der Waals surface area contributed by atoms with E-state index < -0.39 is 0 Å². The zero-order valence-electron chi connectivity index (χ0n) is 7.40. The molecule has 0 N–H and O–H groups in total. The van der Waals surface area contributed by atoms with Crippen LogP contribution in [0.25, 0.3) is 0 Å². The van der Waals surface area contributed by atoms with E-state index in [4.69, 9.17) is 9.47 Å². The van der Waals surface area contributed by atoms with Crippen molar-refractivity contribution in [2.24, 2.45) is 4.99 Å². The molecule has 0 bridgehead atoms. The standard InChI is InChI=1S/C8H13NO2S2/c1-3-10-6-11-7(1)5-13-8-9-2-4-12-8/h7H,1-6H2. The van der Waals surface area contributed by atoms with Gasteiger partial charge in [-0.05, 0) is 6.42 Å². The molecular weight excluding hydrogens is 206 g/mol. The Labute approximate surface area is 86.7 Å². The van der Waals surface area contributed by atoms with E-state index >= 15 is 0 Å². The molecule has 0 aromatic heterocycles. The quantitative estimate of drug-likeness (QED) is 0.705. The van der Waals surface area contributed by atoms with E-state index in [1.807, 2.05) is 23.5 Å². The lowest BCUT2D eigenvalue weighted by Gasteiger charge is -2.22. The first-order valence-electron chi connectivity index (χ1n) is 4.44. The fourth-order valence-electron chi connectivity index (χ4n) is 1.20. The zero-order chi connectivity index (χ0) is 8.93. The molecule has 74 valence electrons. The molecule has 2 rings (SSSR count). The van der Waals surface area contributed by atoms with Gasteiger partial charge in [-0.3, -0.25) is 4.99 Å². The topological polar surface area (TPSA) is 30.8 Å². The Morgan fingerprint density at radius 1 is 1.62 bits per heavy atom. The van der Waals surface area contributed by atoms with E-state index in [0.29, 0.717) is 12.9 Å². The van der Waals surface area contributed by atoms with Crippen LogP contribution in [0.15, 0.2) is 4.99 Å². The van der Waals surface area contributed by atoms with E-state index in [1.165, 1.54) is 4.38 Å². The molecule has 13 heavy (non-hydrogen) atoms. The van der Waals surface area contributed by atoms with Crippen molar-refractivity contribution in [3.05, 3.63) is 0 Å². The monoisotopic (exact) mass is 219 g/mol. The second kappa shape index (κ2) is 5.24. The number of rotatable bonds is 2. The minimum Gasteiger partial charge on any atom is -0.355 e. The predicted molar refractivity (Wildman–Crippen MR) is 57.5 cm³/mol. The number of nitrogens with zero attached hydrogens (tertiary/aromatic N) is 1. The average molecular weight is 219 g/mol. The van der Waals surface area contributed by atoms with Gasteiger partial charge >= 0.3 is 0 Å². The lowest BCUT2D eigenvalue weighted by atomic mass is 10.3. The second-order valence-electron chi connectivity index (χ2n) is 2.91. The molecule has 3 nitrogen and oxygen atoms in total. The van der Waals surface area contributed by atoms with Crippen molar-refractivity contribution < 1.29 is 9.47 Å². The first-order chi connectivity index (χ1) is 6.45. The van der Waals surface area contributed by atoms with Crippen LogP contribution in [0.4, 0.5) is 0 Å². The van der Waals surface area contributed by atoms with Crippen LogP contribution in [0.5, 0.6) is 0 Å². The summed E-state index contributed by atoms with van der Waals surface area (Å²) in [7, 11) is 0. The molecule has 0 aliphatic carbocycles. The molecule has 1 unspecified atom stereocenters. The van der Waals surface area contributed by atoms with Gasteiger partial charge in [0.05, 0.1) is 19.3 Å². The Balaban J connectivity index is 1.66. The number of ether oxygens (including phenoxy) is 2. The lowest BCUT2D eigenvalue weighted by Crippen LogP contribution is -2.25. The van der Waals surface area contributed by atoms with Gasteiger partial charge in [-0.25, -0.2) is 0 Å². The van der Waals surface area contributed by atoms with Crippen molar-refractivity contribution >= 4 is 27.9 Å². The molecule has 1 saturated heterocycles. The SMILES string of the molecule is C1CSC(SCC2CCOCO2)=N1. The maximum atomic E-state index is 5.43. The van der Waals surface area contributed by atoms with Crippen LogP contribution in [-0.2, 0) is 9.47 Å². The summed E-state index contributed by atoms with van der Waals surface area (Å²) in [6.07, 6.45) is 1.38. The molecular formula is C8H13NO2S2. The normalized spacial score (nSPS) is 28.9. The third kappa shape index (κ3) is 3.16. The lowest BCUT2D eigenvalue weighted by molar-refractivity contribution is -0.130. The number of thioether (sulfide) groups is 2. The Bertz CT molecular complexity index is 193. The van der Waals surface area contributed by atoms with Gasteiger partial charge in [0.1, 0.15) is 11.2 Å². The molecule has 1 fully saturated rings. The summed E-state index contributed by atoms with van der Waals surface area (Å²) in [5.41, 5.74) is 0. The first-order valence-corrected chi connectivity index (χ1v) is 6.41. The van der Waals surface area contributed by atoms with Crippen molar-refractivity contribution in [2.45, 2.75) is 12.5 Å². The van der Waals surface area contributed by atoms with Crippen molar-refractivity contribution in [1.82, 2.24) is 0 Å². The summed E-state index contributed by atoms with van der Waals surface area (Å²) < 4.78 is 11.8. The van der Waals surface area contributed by atoms with E-state index in [1.54, 1.807) is 0 Å². The fraction of sp³-hybridized carbons (Fsp3) is 0.875. The van der Waals surface area contributed by atoms with Crippen LogP contribution in [0.1, 0.15) is 6.42 Å².